The van der Waals surface area contributed by atoms with E-state index >= 15 is 0 Å². The van der Waals surface area contributed by atoms with Crippen molar-refractivity contribution < 1.29 is 14.6 Å². The predicted molar refractivity (Wildman–Crippen MR) is 131 cm³/mol. The van der Waals surface area contributed by atoms with Gasteiger partial charge in [0.15, 0.2) is 0 Å². The van der Waals surface area contributed by atoms with Gasteiger partial charge >= 0.3 is 0 Å². The lowest BCUT2D eigenvalue weighted by Crippen LogP contribution is -2.56. The van der Waals surface area contributed by atoms with Crippen LogP contribution in [0.15, 0.2) is 66.7 Å². The number of anilines is 1. The first-order chi connectivity index (χ1) is 16.1. The number of carbonyl (C=O) groups is 1. The number of ether oxygens (including phenoxy) is 1. The Balaban J connectivity index is 1.40. The van der Waals surface area contributed by atoms with Crippen LogP contribution in [-0.4, -0.2) is 41.7 Å². The zero-order valence-corrected chi connectivity index (χ0v) is 19.2. The van der Waals surface area contributed by atoms with Crippen molar-refractivity contribution in [2.24, 2.45) is 5.92 Å². The van der Waals surface area contributed by atoms with Gasteiger partial charge in [-0.15, -0.1) is 0 Å². The van der Waals surface area contributed by atoms with E-state index in [1.165, 1.54) is 0 Å². The summed E-state index contributed by atoms with van der Waals surface area (Å²) in [6.45, 7) is 0.999. The second-order valence-electron chi connectivity index (χ2n) is 9.47. The number of aliphatic hydroxyl groups is 1. The third kappa shape index (κ3) is 4.35. The van der Waals surface area contributed by atoms with Gasteiger partial charge in [-0.25, -0.2) is 0 Å². The molecule has 5 rings (SSSR count). The van der Waals surface area contributed by atoms with E-state index in [-0.39, 0.29) is 17.9 Å². The fourth-order valence-corrected chi connectivity index (χ4v) is 5.87. The molecule has 0 spiro atoms. The van der Waals surface area contributed by atoms with E-state index < -0.39 is 5.60 Å². The SMILES string of the molecule is COc1ccc([C@@H]2[C@@H]3CCCC[C@@]3(O)CCN2CC(=O)Nc2cccc3ccccc23)cc1. The highest BCUT2D eigenvalue weighted by molar-refractivity contribution is 6.02. The van der Waals surface area contributed by atoms with Crippen LogP contribution < -0.4 is 10.1 Å². The summed E-state index contributed by atoms with van der Waals surface area (Å²) >= 11 is 0. The fourth-order valence-electron chi connectivity index (χ4n) is 5.87. The molecule has 172 valence electrons. The van der Waals surface area contributed by atoms with Crippen LogP contribution in [0.4, 0.5) is 5.69 Å². The molecule has 3 aromatic carbocycles. The number of nitrogens with zero attached hydrogens (tertiary/aromatic N) is 1. The Morgan fingerprint density at radius 2 is 1.85 bits per heavy atom. The Morgan fingerprint density at radius 1 is 1.06 bits per heavy atom. The first-order valence-electron chi connectivity index (χ1n) is 12.0. The molecule has 5 nitrogen and oxygen atoms in total. The highest BCUT2D eigenvalue weighted by Gasteiger charge is 2.49. The van der Waals surface area contributed by atoms with Crippen molar-refractivity contribution in [3.8, 4) is 5.75 Å². The van der Waals surface area contributed by atoms with Crippen molar-refractivity contribution in [1.29, 1.82) is 0 Å². The van der Waals surface area contributed by atoms with Gasteiger partial charge in [-0.05, 0) is 48.4 Å². The molecule has 0 bridgehead atoms. The summed E-state index contributed by atoms with van der Waals surface area (Å²) < 4.78 is 5.35. The number of methoxy groups -OCH3 is 1. The van der Waals surface area contributed by atoms with Gasteiger partial charge in [0.1, 0.15) is 5.75 Å². The summed E-state index contributed by atoms with van der Waals surface area (Å²) in [5, 5.41) is 16.8. The van der Waals surface area contributed by atoms with E-state index in [0.717, 1.165) is 53.5 Å². The van der Waals surface area contributed by atoms with Crippen LogP contribution in [0.1, 0.15) is 43.7 Å². The minimum atomic E-state index is -0.647. The summed E-state index contributed by atoms with van der Waals surface area (Å²) in [6, 6.07) is 22.2. The summed E-state index contributed by atoms with van der Waals surface area (Å²) in [4.78, 5) is 15.5. The second-order valence-corrected chi connectivity index (χ2v) is 9.47. The first kappa shape index (κ1) is 21.9. The van der Waals surface area contributed by atoms with Crippen molar-refractivity contribution in [2.75, 3.05) is 25.5 Å². The lowest BCUT2D eigenvalue weighted by molar-refractivity contribution is -0.135. The maximum absolute atomic E-state index is 13.2. The molecule has 1 aliphatic carbocycles. The van der Waals surface area contributed by atoms with Gasteiger partial charge in [0.25, 0.3) is 0 Å². The molecular formula is C28H32N2O3. The number of nitrogens with one attached hydrogen (secondary N) is 1. The van der Waals surface area contributed by atoms with E-state index in [2.05, 4.69) is 34.5 Å². The van der Waals surface area contributed by atoms with Gasteiger partial charge in [0, 0.05) is 29.6 Å². The highest BCUT2D eigenvalue weighted by atomic mass is 16.5. The third-order valence-corrected chi connectivity index (χ3v) is 7.54. The number of fused-ring (bicyclic) bond motifs is 2. The van der Waals surface area contributed by atoms with E-state index in [1.54, 1.807) is 7.11 Å². The third-order valence-electron chi connectivity index (χ3n) is 7.54. The molecule has 1 amide bonds. The van der Waals surface area contributed by atoms with Crippen LogP contribution in [0, 0.1) is 5.92 Å². The molecule has 33 heavy (non-hydrogen) atoms. The standard InChI is InChI=1S/C28H32N2O3/c1-33-22-14-12-21(13-15-22)27-24-10-4-5-16-28(24,32)17-18-30(27)19-26(31)29-25-11-6-8-20-7-2-3-9-23(20)25/h2-3,6-9,11-15,24,27,32H,4-5,10,16-19H2,1H3,(H,29,31)/t24-,27+,28+/m0/s1. The Hall–Kier alpha value is -2.89. The van der Waals surface area contributed by atoms with Crippen molar-refractivity contribution in [2.45, 2.75) is 43.7 Å². The van der Waals surface area contributed by atoms with Gasteiger partial charge in [-0.3, -0.25) is 9.69 Å². The number of benzene rings is 3. The topological polar surface area (TPSA) is 61.8 Å². The molecule has 2 fully saturated rings. The normalized spacial score (nSPS) is 25.4. The first-order valence-corrected chi connectivity index (χ1v) is 12.0. The zero-order valence-electron chi connectivity index (χ0n) is 19.2. The molecule has 2 N–H and O–H groups in total. The molecule has 1 aliphatic heterocycles. The van der Waals surface area contributed by atoms with Crippen LogP contribution in [0.3, 0.4) is 0 Å². The molecule has 1 saturated carbocycles. The molecule has 0 aromatic heterocycles. The van der Waals surface area contributed by atoms with Crippen molar-refractivity contribution in [1.82, 2.24) is 4.90 Å². The molecule has 1 heterocycles. The molecule has 3 atom stereocenters. The van der Waals surface area contributed by atoms with Crippen molar-refractivity contribution in [3.63, 3.8) is 0 Å². The van der Waals surface area contributed by atoms with Crippen molar-refractivity contribution in [3.05, 3.63) is 72.3 Å². The number of likely N-dealkylation sites (tertiary alicyclic amines) is 1. The average Bonchev–Trinajstić information content (AvgIpc) is 2.84. The minimum Gasteiger partial charge on any atom is -0.497 e. The predicted octanol–water partition coefficient (Wildman–Crippen LogP) is 5.16. The monoisotopic (exact) mass is 444 g/mol. The number of rotatable bonds is 5. The van der Waals surface area contributed by atoms with E-state index in [4.69, 9.17) is 4.74 Å². The van der Waals surface area contributed by atoms with Gasteiger partial charge in [-0.2, -0.15) is 0 Å². The molecule has 0 radical (unpaired) electrons. The summed E-state index contributed by atoms with van der Waals surface area (Å²) in [6.07, 6.45) is 4.74. The number of hydrogen-bond acceptors (Lipinski definition) is 4. The summed E-state index contributed by atoms with van der Waals surface area (Å²) in [5.41, 5.74) is 1.33. The van der Waals surface area contributed by atoms with Gasteiger partial charge in [-0.1, -0.05) is 61.4 Å². The summed E-state index contributed by atoms with van der Waals surface area (Å²) in [5.74, 6) is 0.915. The Kier molecular flexibility index (Phi) is 6.09. The Labute approximate surface area is 195 Å². The fraction of sp³-hybridized carbons (Fsp3) is 0.393. The lowest BCUT2D eigenvalue weighted by Gasteiger charge is -2.52. The van der Waals surface area contributed by atoms with Crippen LogP contribution in [-0.2, 0) is 4.79 Å². The van der Waals surface area contributed by atoms with Gasteiger partial charge in [0.2, 0.25) is 5.91 Å². The number of amides is 1. The molecule has 5 heteroatoms. The Bertz CT molecular complexity index is 1120. The average molecular weight is 445 g/mol. The van der Waals surface area contributed by atoms with Gasteiger partial charge in [0.05, 0.1) is 19.3 Å². The van der Waals surface area contributed by atoms with E-state index in [1.807, 2.05) is 42.5 Å². The largest absolute Gasteiger partial charge is 0.497 e. The van der Waals surface area contributed by atoms with E-state index in [0.29, 0.717) is 19.5 Å². The maximum atomic E-state index is 13.2. The number of piperidine rings is 1. The molecule has 1 saturated heterocycles. The van der Waals surface area contributed by atoms with Crippen LogP contribution in [0.2, 0.25) is 0 Å². The minimum absolute atomic E-state index is 0.00761. The lowest BCUT2D eigenvalue weighted by atomic mass is 9.66. The van der Waals surface area contributed by atoms with E-state index in [9.17, 15) is 9.90 Å². The zero-order chi connectivity index (χ0) is 22.8. The Morgan fingerprint density at radius 3 is 2.67 bits per heavy atom. The quantitative estimate of drug-likeness (QED) is 0.571. The molecule has 2 aliphatic rings. The van der Waals surface area contributed by atoms with Crippen LogP contribution in [0.25, 0.3) is 10.8 Å². The van der Waals surface area contributed by atoms with Crippen molar-refractivity contribution >= 4 is 22.4 Å². The van der Waals surface area contributed by atoms with Crippen LogP contribution in [0.5, 0.6) is 5.75 Å². The molecule has 0 unspecified atom stereocenters. The van der Waals surface area contributed by atoms with Gasteiger partial charge < -0.3 is 15.2 Å². The smallest absolute Gasteiger partial charge is 0.238 e. The second kappa shape index (κ2) is 9.16. The number of carbonyl (C=O) groups excluding carboxylic acids is 1. The molecular weight excluding hydrogens is 412 g/mol. The number of hydrogen-bond donors (Lipinski definition) is 2. The molecule has 3 aromatic rings. The maximum Gasteiger partial charge on any atom is 0.238 e. The van der Waals surface area contributed by atoms with Crippen LogP contribution >= 0.6 is 0 Å². The highest BCUT2D eigenvalue weighted by Crippen LogP contribution is 2.49. The summed E-state index contributed by atoms with van der Waals surface area (Å²) in [7, 11) is 1.67.